The average molecular weight is 367 g/mol. The van der Waals surface area contributed by atoms with Crippen molar-refractivity contribution in [1.82, 2.24) is 5.32 Å². The standard InChI is InChI=1S/C18H19ClN2O2.ClH/c19-14-7-8-15-16(2-1-9-23-17(15)10-14)21-18(22)13-5-3-12(11-20)4-6-13;/h3-8,10,16H,1-2,9,11,20H2,(H,21,22);1H. The van der Waals surface area contributed by atoms with E-state index in [0.29, 0.717) is 23.7 Å². The Morgan fingerprint density at radius 1 is 1.25 bits per heavy atom. The molecule has 0 aliphatic carbocycles. The Balaban J connectivity index is 0.00000208. The third-order valence-corrected chi connectivity index (χ3v) is 4.24. The first-order valence-electron chi connectivity index (χ1n) is 7.69. The van der Waals surface area contributed by atoms with E-state index in [1.807, 2.05) is 24.3 Å². The molecule has 2 aromatic rings. The predicted octanol–water partition coefficient (Wildman–Crippen LogP) is 3.86. The second kappa shape index (κ2) is 8.38. The summed E-state index contributed by atoms with van der Waals surface area (Å²) in [5.74, 6) is 0.653. The largest absolute Gasteiger partial charge is 0.493 e. The van der Waals surface area contributed by atoms with Crippen LogP contribution in [-0.4, -0.2) is 12.5 Å². The summed E-state index contributed by atoms with van der Waals surface area (Å²) in [4.78, 5) is 12.5. The zero-order valence-corrected chi connectivity index (χ0v) is 14.7. The van der Waals surface area contributed by atoms with Crippen LogP contribution in [0.5, 0.6) is 5.75 Å². The van der Waals surface area contributed by atoms with E-state index in [-0.39, 0.29) is 24.4 Å². The molecule has 24 heavy (non-hydrogen) atoms. The van der Waals surface area contributed by atoms with Crippen molar-refractivity contribution in [2.24, 2.45) is 5.73 Å². The predicted molar refractivity (Wildman–Crippen MR) is 98.0 cm³/mol. The molecule has 3 rings (SSSR count). The van der Waals surface area contributed by atoms with Gasteiger partial charge in [0.2, 0.25) is 0 Å². The van der Waals surface area contributed by atoms with Gasteiger partial charge in [-0.05, 0) is 42.7 Å². The third kappa shape index (κ3) is 4.20. The maximum atomic E-state index is 12.5. The van der Waals surface area contributed by atoms with Crippen LogP contribution in [0.4, 0.5) is 0 Å². The summed E-state index contributed by atoms with van der Waals surface area (Å²) in [5, 5.41) is 3.73. The fraction of sp³-hybridized carbons (Fsp3) is 0.278. The summed E-state index contributed by atoms with van der Waals surface area (Å²) >= 11 is 6.03. The molecule has 4 nitrogen and oxygen atoms in total. The van der Waals surface area contributed by atoms with Crippen LogP contribution in [0.1, 0.15) is 40.4 Å². The van der Waals surface area contributed by atoms with E-state index in [9.17, 15) is 4.79 Å². The van der Waals surface area contributed by atoms with Crippen LogP contribution in [0.2, 0.25) is 5.02 Å². The summed E-state index contributed by atoms with van der Waals surface area (Å²) in [6.45, 7) is 1.10. The van der Waals surface area contributed by atoms with Gasteiger partial charge in [-0.1, -0.05) is 29.8 Å². The first kappa shape index (κ1) is 18.6. The van der Waals surface area contributed by atoms with Gasteiger partial charge in [0, 0.05) is 22.7 Å². The molecule has 0 radical (unpaired) electrons. The quantitative estimate of drug-likeness (QED) is 0.866. The van der Waals surface area contributed by atoms with Gasteiger partial charge in [0.25, 0.3) is 5.91 Å². The monoisotopic (exact) mass is 366 g/mol. The van der Waals surface area contributed by atoms with Gasteiger partial charge in [0.1, 0.15) is 5.75 Å². The van der Waals surface area contributed by atoms with Crippen LogP contribution in [0.15, 0.2) is 42.5 Å². The number of rotatable bonds is 3. The molecule has 0 saturated carbocycles. The van der Waals surface area contributed by atoms with E-state index >= 15 is 0 Å². The number of halogens is 2. The van der Waals surface area contributed by atoms with Crippen molar-refractivity contribution < 1.29 is 9.53 Å². The van der Waals surface area contributed by atoms with Gasteiger partial charge in [-0.2, -0.15) is 0 Å². The SMILES string of the molecule is Cl.NCc1ccc(C(=O)NC2CCCOc3cc(Cl)ccc32)cc1. The number of carbonyl (C=O) groups is 1. The first-order valence-corrected chi connectivity index (χ1v) is 8.07. The Morgan fingerprint density at radius 2 is 2.00 bits per heavy atom. The Morgan fingerprint density at radius 3 is 2.71 bits per heavy atom. The molecule has 1 aliphatic heterocycles. The number of nitrogens with two attached hydrogens (primary N) is 1. The number of nitrogens with one attached hydrogen (secondary N) is 1. The van der Waals surface area contributed by atoms with Crippen LogP contribution in [-0.2, 0) is 6.54 Å². The molecule has 1 atom stereocenters. The first-order chi connectivity index (χ1) is 11.2. The van der Waals surface area contributed by atoms with E-state index in [4.69, 9.17) is 22.1 Å². The highest BCUT2D eigenvalue weighted by Gasteiger charge is 2.22. The van der Waals surface area contributed by atoms with Gasteiger partial charge < -0.3 is 15.8 Å². The second-order valence-electron chi connectivity index (χ2n) is 5.60. The third-order valence-electron chi connectivity index (χ3n) is 4.00. The van der Waals surface area contributed by atoms with Gasteiger partial charge in [0.15, 0.2) is 0 Å². The molecule has 0 aromatic heterocycles. The summed E-state index contributed by atoms with van der Waals surface area (Å²) in [6, 6.07) is 12.8. The molecule has 1 heterocycles. The van der Waals surface area contributed by atoms with Crippen LogP contribution >= 0.6 is 24.0 Å². The molecule has 2 aromatic carbocycles. The molecule has 0 saturated heterocycles. The molecule has 0 spiro atoms. The normalized spacial score (nSPS) is 16.2. The number of amides is 1. The van der Waals surface area contributed by atoms with Gasteiger partial charge in [-0.25, -0.2) is 0 Å². The summed E-state index contributed by atoms with van der Waals surface area (Å²) in [5.41, 5.74) is 8.19. The lowest BCUT2D eigenvalue weighted by Gasteiger charge is -2.18. The zero-order valence-electron chi connectivity index (χ0n) is 13.1. The van der Waals surface area contributed by atoms with Gasteiger partial charge in [0.05, 0.1) is 12.6 Å². The summed E-state index contributed by atoms with van der Waals surface area (Å²) in [7, 11) is 0. The van der Waals surface area contributed by atoms with Crippen molar-refractivity contribution in [3.8, 4) is 5.75 Å². The van der Waals surface area contributed by atoms with Crippen molar-refractivity contribution in [1.29, 1.82) is 0 Å². The van der Waals surface area contributed by atoms with Gasteiger partial charge >= 0.3 is 0 Å². The Kier molecular flexibility index (Phi) is 6.49. The van der Waals surface area contributed by atoms with Gasteiger partial charge in [-0.3, -0.25) is 4.79 Å². The van der Waals surface area contributed by atoms with Crippen LogP contribution in [0.25, 0.3) is 0 Å². The average Bonchev–Trinajstić information content (AvgIpc) is 2.76. The highest BCUT2D eigenvalue weighted by molar-refractivity contribution is 6.30. The van der Waals surface area contributed by atoms with Crippen molar-refractivity contribution >= 4 is 29.9 Å². The number of carbonyl (C=O) groups excluding carboxylic acids is 1. The smallest absolute Gasteiger partial charge is 0.251 e. The lowest BCUT2D eigenvalue weighted by molar-refractivity contribution is 0.0934. The summed E-state index contributed by atoms with van der Waals surface area (Å²) < 4.78 is 5.73. The van der Waals surface area contributed by atoms with Crippen molar-refractivity contribution in [2.75, 3.05) is 6.61 Å². The van der Waals surface area contributed by atoms with E-state index in [1.165, 1.54) is 0 Å². The highest BCUT2D eigenvalue weighted by Crippen LogP contribution is 2.33. The molecule has 1 amide bonds. The molecule has 3 N–H and O–H groups in total. The molecule has 1 unspecified atom stereocenters. The van der Waals surface area contributed by atoms with Crippen molar-refractivity contribution in [3.05, 3.63) is 64.2 Å². The number of hydrogen-bond acceptors (Lipinski definition) is 3. The minimum atomic E-state index is -0.0960. The molecule has 128 valence electrons. The molecule has 6 heteroatoms. The molecule has 0 fully saturated rings. The lowest BCUT2D eigenvalue weighted by atomic mass is 10.0. The number of fused-ring (bicyclic) bond motifs is 1. The van der Waals surface area contributed by atoms with E-state index < -0.39 is 0 Å². The van der Waals surface area contributed by atoms with Crippen LogP contribution < -0.4 is 15.8 Å². The number of ether oxygens (including phenoxy) is 1. The minimum Gasteiger partial charge on any atom is -0.493 e. The molecular formula is C18H20Cl2N2O2. The number of hydrogen-bond donors (Lipinski definition) is 2. The van der Waals surface area contributed by atoms with Crippen LogP contribution in [0.3, 0.4) is 0 Å². The second-order valence-corrected chi connectivity index (χ2v) is 6.04. The Hall–Kier alpha value is -1.75. The van der Waals surface area contributed by atoms with E-state index in [2.05, 4.69) is 5.32 Å². The zero-order chi connectivity index (χ0) is 16.2. The fourth-order valence-corrected chi connectivity index (χ4v) is 2.89. The Labute approximate surface area is 152 Å². The molecule has 1 aliphatic rings. The summed E-state index contributed by atoms with van der Waals surface area (Å²) in [6.07, 6.45) is 1.71. The minimum absolute atomic E-state index is 0. The maximum absolute atomic E-state index is 12.5. The lowest BCUT2D eigenvalue weighted by Crippen LogP contribution is -2.28. The highest BCUT2D eigenvalue weighted by atomic mass is 35.5. The van der Waals surface area contributed by atoms with E-state index in [1.54, 1.807) is 18.2 Å². The number of benzene rings is 2. The van der Waals surface area contributed by atoms with Crippen LogP contribution in [0, 0.1) is 0 Å². The molecule has 0 bridgehead atoms. The maximum Gasteiger partial charge on any atom is 0.251 e. The Bertz CT molecular complexity index is 705. The molecular weight excluding hydrogens is 347 g/mol. The van der Waals surface area contributed by atoms with E-state index in [0.717, 1.165) is 29.7 Å². The fourth-order valence-electron chi connectivity index (χ4n) is 2.73. The van der Waals surface area contributed by atoms with Crippen molar-refractivity contribution in [3.63, 3.8) is 0 Å². The van der Waals surface area contributed by atoms with Crippen molar-refractivity contribution in [2.45, 2.75) is 25.4 Å². The topological polar surface area (TPSA) is 64.4 Å². The van der Waals surface area contributed by atoms with Gasteiger partial charge in [-0.15, -0.1) is 12.4 Å².